The maximum atomic E-state index is 4.01. The molecule has 0 saturated carbocycles. The third kappa shape index (κ3) is 1.91. The third-order valence-electron chi connectivity index (χ3n) is 2.97. The van der Waals surface area contributed by atoms with Crippen molar-refractivity contribution in [3.8, 4) is 0 Å². The van der Waals surface area contributed by atoms with Gasteiger partial charge in [-0.05, 0) is 11.6 Å². The van der Waals surface area contributed by atoms with Gasteiger partial charge in [-0.1, -0.05) is 11.3 Å². The highest BCUT2D eigenvalue weighted by molar-refractivity contribution is 5.43. The second-order valence-corrected chi connectivity index (χ2v) is 4.17. The van der Waals surface area contributed by atoms with Gasteiger partial charge in [0.2, 0.25) is 0 Å². The fourth-order valence-electron chi connectivity index (χ4n) is 2.08. The number of pyridine rings is 1. The molecule has 1 aliphatic heterocycles. The van der Waals surface area contributed by atoms with E-state index in [4.69, 9.17) is 0 Å². The van der Waals surface area contributed by atoms with Crippen LogP contribution in [0.25, 0.3) is 5.52 Å². The Morgan fingerprint density at radius 2 is 2.12 bits per heavy atom. The molecule has 0 atom stereocenters. The first kappa shape index (κ1) is 9.74. The van der Waals surface area contributed by atoms with Crippen molar-refractivity contribution in [1.82, 2.24) is 25.0 Å². The van der Waals surface area contributed by atoms with Gasteiger partial charge in [0.1, 0.15) is 0 Å². The molecule has 5 heteroatoms. The molecule has 2 aromatic heterocycles. The van der Waals surface area contributed by atoms with Crippen molar-refractivity contribution in [2.75, 3.05) is 26.2 Å². The van der Waals surface area contributed by atoms with Crippen molar-refractivity contribution in [3.63, 3.8) is 0 Å². The lowest BCUT2D eigenvalue weighted by molar-refractivity contribution is 0.233. The van der Waals surface area contributed by atoms with Crippen molar-refractivity contribution in [2.24, 2.45) is 0 Å². The van der Waals surface area contributed by atoms with Gasteiger partial charge in [0.25, 0.3) is 0 Å². The summed E-state index contributed by atoms with van der Waals surface area (Å²) in [5, 5.41) is 11.2. The molecular formula is C11H15N5. The van der Waals surface area contributed by atoms with Crippen molar-refractivity contribution in [3.05, 3.63) is 30.1 Å². The van der Waals surface area contributed by atoms with E-state index in [1.807, 2.05) is 4.52 Å². The molecule has 5 nitrogen and oxygen atoms in total. The van der Waals surface area contributed by atoms with Gasteiger partial charge in [0.15, 0.2) is 0 Å². The number of piperazine rings is 1. The van der Waals surface area contributed by atoms with Crippen LogP contribution >= 0.6 is 0 Å². The Kier molecular flexibility index (Phi) is 2.55. The van der Waals surface area contributed by atoms with Gasteiger partial charge in [0.05, 0.1) is 11.7 Å². The second kappa shape index (κ2) is 4.19. The highest BCUT2D eigenvalue weighted by atomic mass is 15.4. The molecule has 3 heterocycles. The second-order valence-electron chi connectivity index (χ2n) is 4.17. The van der Waals surface area contributed by atoms with Gasteiger partial charge in [0, 0.05) is 38.9 Å². The average Bonchev–Trinajstić information content (AvgIpc) is 2.77. The minimum Gasteiger partial charge on any atom is -0.314 e. The van der Waals surface area contributed by atoms with E-state index in [2.05, 4.69) is 38.9 Å². The number of nitrogens with one attached hydrogen (secondary N) is 1. The van der Waals surface area contributed by atoms with Crippen molar-refractivity contribution in [2.45, 2.75) is 6.54 Å². The fraction of sp³-hybridized carbons (Fsp3) is 0.455. The molecule has 1 fully saturated rings. The molecule has 1 aliphatic rings. The largest absolute Gasteiger partial charge is 0.314 e. The molecule has 16 heavy (non-hydrogen) atoms. The van der Waals surface area contributed by atoms with Gasteiger partial charge in [-0.2, -0.15) is 0 Å². The molecule has 1 N–H and O–H groups in total. The Labute approximate surface area is 94.1 Å². The van der Waals surface area contributed by atoms with Gasteiger partial charge in [-0.25, -0.2) is 4.52 Å². The zero-order chi connectivity index (χ0) is 10.8. The molecule has 0 amide bonds. The van der Waals surface area contributed by atoms with Gasteiger partial charge in [-0.15, -0.1) is 5.10 Å². The fourth-order valence-corrected chi connectivity index (χ4v) is 2.08. The highest BCUT2D eigenvalue weighted by Crippen LogP contribution is 2.07. The molecule has 1 saturated heterocycles. The first-order valence-corrected chi connectivity index (χ1v) is 5.64. The SMILES string of the molecule is c1cc2cnnn2cc1CN1CCNCC1. The van der Waals surface area contributed by atoms with Crippen LogP contribution < -0.4 is 5.32 Å². The van der Waals surface area contributed by atoms with Crippen LogP contribution in [0.4, 0.5) is 0 Å². The maximum absolute atomic E-state index is 4.01. The number of rotatable bonds is 2. The number of hydrogen-bond donors (Lipinski definition) is 1. The number of nitrogens with zero attached hydrogens (tertiary/aromatic N) is 4. The van der Waals surface area contributed by atoms with Crippen molar-refractivity contribution >= 4 is 5.52 Å². The highest BCUT2D eigenvalue weighted by Gasteiger charge is 2.10. The molecule has 0 unspecified atom stereocenters. The van der Waals surface area contributed by atoms with E-state index in [0.717, 1.165) is 38.2 Å². The van der Waals surface area contributed by atoms with E-state index < -0.39 is 0 Å². The molecular weight excluding hydrogens is 202 g/mol. The lowest BCUT2D eigenvalue weighted by Crippen LogP contribution is -2.42. The molecule has 0 radical (unpaired) electrons. The Hall–Kier alpha value is -1.46. The predicted octanol–water partition coefficient (Wildman–Crippen LogP) is 0.134. The number of aromatic nitrogens is 3. The number of hydrogen-bond acceptors (Lipinski definition) is 4. The van der Waals surface area contributed by atoms with Crippen LogP contribution in [0.2, 0.25) is 0 Å². The quantitative estimate of drug-likeness (QED) is 0.777. The summed E-state index contributed by atoms with van der Waals surface area (Å²) in [4.78, 5) is 2.45. The topological polar surface area (TPSA) is 45.5 Å². The van der Waals surface area contributed by atoms with Crippen molar-refractivity contribution < 1.29 is 0 Å². The Balaban J connectivity index is 1.77. The maximum Gasteiger partial charge on any atom is 0.0865 e. The predicted molar refractivity (Wildman–Crippen MR) is 61.1 cm³/mol. The molecule has 3 rings (SSSR count). The standard InChI is InChI=1S/C11H15N5/c1-2-11-7-13-14-16(11)9-10(1)8-15-5-3-12-4-6-15/h1-2,7,9,12H,3-6,8H2. The van der Waals surface area contributed by atoms with E-state index in [1.165, 1.54) is 5.56 Å². The van der Waals surface area contributed by atoms with Crippen molar-refractivity contribution in [1.29, 1.82) is 0 Å². The molecule has 0 spiro atoms. The normalized spacial score (nSPS) is 18.0. The minimum atomic E-state index is 0.998. The summed E-state index contributed by atoms with van der Waals surface area (Å²) >= 11 is 0. The summed E-state index contributed by atoms with van der Waals surface area (Å²) in [6, 6.07) is 4.22. The van der Waals surface area contributed by atoms with E-state index >= 15 is 0 Å². The molecule has 0 aliphatic carbocycles. The van der Waals surface area contributed by atoms with Gasteiger partial charge >= 0.3 is 0 Å². The molecule has 84 valence electrons. The van der Waals surface area contributed by atoms with E-state index in [9.17, 15) is 0 Å². The lowest BCUT2D eigenvalue weighted by atomic mass is 10.2. The lowest BCUT2D eigenvalue weighted by Gasteiger charge is -2.27. The zero-order valence-corrected chi connectivity index (χ0v) is 9.13. The average molecular weight is 217 g/mol. The van der Waals surface area contributed by atoms with E-state index in [1.54, 1.807) is 6.20 Å². The van der Waals surface area contributed by atoms with Crippen LogP contribution in [0.5, 0.6) is 0 Å². The summed E-state index contributed by atoms with van der Waals surface area (Å²) in [6.45, 7) is 5.42. The van der Waals surface area contributed by atoms with Crippen LogP contribution in [-0.2, 0) is 6.54 Å². The van der Waals surface area contributed by atoms with E-state index in [-0.39, 0.29) is 0 Å². The number of fused-ring (bicyclic) bond motifs is 1. The monoisotopic (exact) mass is 217 g/mol. The van der Waals surface area contributed by atoms with Crippen LogP contribution in [0.1, 0.15) is 5.56 Å². The first-order valence-electron chi connectivity index (χ1n) is 5.64. The Morgan fingerprint density at radius 1 is 1.25 bits per heavy atom. The summed E-state index contributed by atoms with van der Waals surface area (Å²) in [5.41, 5.74) is 2.34. The smallest absolute Gasteiger partial charge is 0.0865 e. The summed E-state index contributed by atoms with van der Waals surface area (Å²) < 4.78 is 1.83. The van der Waals surface area contributed by atoms with Crippen LogP contribution in [0.3, 0.4) is 0 Å². The summed E-state index contributed by atoms with van der Waals surface area (Å²) in [5.74, 6) is 0. The van der Waals surface area contributed by atoms with Crippen LogP contribution in [0, 0.1) is 0 Å². The first-order chi connectivity index (χ1) is 7.92. The Morgan fingerprint density at radius 3 is 3.00 bits per heavy atom. The summed E-state index contributed by atoms with van der Waals surface area (Å²) in [6.07, 6.45) is 3.83. The van der Waals surface area contributed by atoms with Crippen LogP contribution in [-0.4, -0.2) is 45.9 Å². The van der Waals surface area contributed by atoms with E-state index in [0.29, 0.717) is 0 Å². The van der Waals surface area contributed by atoms with Gasteiger partial charge < -0.3 is 5.32 Å². The Bertz CT molecular complexity index is 472. The zero-order valence-electron chi connectivity index (χ0n) is 9.13. The van der Waals surface area contributed by atoms with Gasteiger partial charge in [-0.3, -0.25) is 4.90 Å². The third-order valence-corrected chi connectivity index (χ3v) is 2.97. The molecule has 0 bridgehead atoms. The molecule has 0 aromatic carbocycles. The van der Waals surface area contributed by atoms with Crippen LogP contribution in [0.15, 0.2) is 24.5 Å². The minimum absolute atomic E-state index is 0.998. The summed E-state index contributed by atoms with van der Waals surface area (Å²) in [7, 11) is 0. The molecule has 2 aromatic rings.